The second-order valence-electron chi connectivity index (χ2n) is 10.4. The normalized spacial score (nSPS) is 21.0. The molecule has 0 saturated carbocycles. The van der Waals surface area contributed by atoms with E-state index in [0.717, 1.165) is 54.7 Å². The monoisotopic (exact) mass is 513 g/mol. The molecule has 2 atom stereocenters. The third-order valence-electron chi connectivity index (χ3n) is 7.72. The molecule has 6 rings (SSSR count). The van der Waals surface area contributed by atoms with Crippen molar-refractivity contribution in [3.8, 4) is 5.75 Å². The molecule has 0 aliphatic carbocycles. The Hall–Kier alpha value is -3.48. The molecule has 0 amide bonds. The fourth-order valence-electron chi connectivity index (χ4n) is 5.57. The predicted molar refractivity (Wildman–Crippen MR) is 145 cm³/mol. The van der Waals surface area contributed by atoms with Gasteiger partial charge in [0, 0.05) is 18.9 Å². The molecule has 0 spiro atoms. The van der Waals surface area contributed by atoms with Crippen molar-refractivity contribution in [2.75, 3.05) is 26.2 Å². The Morgan fingerprint density at radius 2 is 1.61 bits per heavy atom. The van der Waals surface area contributed by atoms with Crippen molar-refractivity contribution in [3.05, 3.63) is 101 Å². The van der Waals surface area contributed by atoms with Gasteiger partial charge in [-0.25, -0.2) is 0 Å². The molecule has 3 heterocycles. The lowest BCUT2D eigenvalue weighted by Gasteiger charge is -2.44. The lowest BCUT2D eigenvalue weighted by molar-refractivity contribution is -0.159. The summed E-state index contributed by atoms with van der Waals surface area (Å²) in [6.45, 7) is 3.00. The molecule has 38 heavy (non-hydrogen) atoms. The summed E-state index contributed by atoms with van der Waals surface area (Å²) in [6.07, 6.45) is 2.71. The molecular formula is C32H35NO5. The zero-order valence-electron chi connectivity index (χ0n) is 21.6. The van der Waals surface area contributed by atoms with Crippen LogP contribution >= 0.6 is 0 Å². The summed E-state index contributed by atoms with van der Waals surface area (Å²) in [5.74, 6) is 0.687. The molecule has 0 unspecified atom stereocenters. The molecule has 3 aliphatic rings. The van der Waals surface area contributed by atoms with E-state index in [-0.39, 0.29) is 49.8 Å². The van der Waals surface area contributed by atoms with Crippen molar-refractivity contribution in [3.63, 3.8) is 0 Å². The fourth-order valence-corrected chi connectivity index (χ4v) is 5.57. The first kappa shape index (κ1) is 26.1. The number of ketones is 1. The Labute approximate surface area is 224 Å². The molecule has 3 aromatic carbocycles. The molecule has 0 aromatic heterocycles. The maximum Gasteiger partial charge on any atom is 0.307 e. The van der Waals surface area contributed by atoms with E-state index in [9.17, 15) is 14.7 Å². The average molecular weight is 514 g/mol. The van der Waals surface area contributed by atoms with Crippen molar-refractivity contribution < 1.29 is 24.2 Å². The minimum absolute atomic E-state index is 0.0121. The molecule has 3 fully saturated rings. The lowest BCUT2D eigenvalue weighted by atomic mass is 9.85. The summed E-state index contributed by atoms with van der Waals surface area (Å²) in [6, 6.07) is 25.0. The van der Waals surface area contributed by atoms with Crippen LogP contribution in [-0.2, 0) is 27.4 Å². The van der Waals surface area contributed by atoms with Crippen molar-refractivity contribution in [2.45, 2.75) is 44.3 Å². The summed E-state index contributed by atoms with van der Waals surface area (Å²) in [5.41, 5.74) is 3.69. The molecule has 3 aliphatic heterocycles. The molecule has 3 saturated heterocycles. The molecule has 6 nitrogen and oxygen atoms in total. The van der Waals surface area contributed by atoms with Crippen LogP contribution in [0.25, 0.3) is 0 Å². The highest BCUT2D eigenvalue weighted by atomic mass is 16.5. The number of hydrogen-bond acceptors (Lipinski definition) is 6. The van der Waals surface area contributed by atoms with Crippen LogP contribution in [0.5, 0.6) is 5.75 Å². The quantitative estimate of drug-likeness (QED) is 0.380. The summed E-state index contributed by atoms with van der Waals surface area (Å²) in [5, 5.41) is 9.18. The number of carbonyl (C=O) groups excluding carboxylic acids is 2. The van der Waals surface area contributed by atoms with Crippen LogP contribution in [0.15, 0.2) is 78.9 Å². The van der Waals surface area contributed by atoms with Gasteiger partial charge in [-0.2, -0.15) is 0 Å². The summed E-state index contributed by atoms with van der Waals surface area (Å²) < 4.78 is 11.9. The smallest absolute Gasteiger partial charge is 0.307 e. The van der Waals surface area contributed by atoms with Crippen molar-refractivity contribution >= 4 is 11.8 Å². The highest BCUT2D eigenvalue weighted by Crippen LogP contribution is 2.33. The van der Waals surface area contributed by atoms with E-state index in [1.54, 1.807) is 0 Å². The van der Waals surface area contributed by atoms with Crippen molar-refractivity contribution in [1.29, 1.82) is 0 Å². The van der Waals surface area contributed by atoms with Gasteiger partial charge >= 0.3 is 5.97 Å². The van der Waals surface area contributed by atoms with Crippen LogP contribution in [0, 0.1) is 5.92 Å². The molecule has 3 aromatic rings. The number of nitrogens with zero attached hydrogens (tertiary/aromatic N) is 1. The summed E-state index contributed by atoms with van der Waals surface area (Å²) >= 11 is 0. The minimum atomic E-state index is -0.175. The van der Waals surface area contributed by atoms with E-state index in [2.05, 4.69) is 4.90 Å². The Balaban J connectivity index is 1.23. The topological polar surface area (TPSA) is 76.1 Å². The van der Waals surface area contributed by atoms with Crippen LogP contribution in [0.1, 0.15) is 47.4 Å². The molecular weight excluding hydrogens is 478 g/mol. The summed E-state index contributed by atoms with van der Waals surface area (Å²) in [4.78, 5) is 28.0. The Morgan fingerprint density at radius 3 is 2.29 bits per heavy atom. The van der Waals surface area contributed by atoms with Gasteiger partial charge in [0.1, 0.15) is 18.5 Å². The van der Waals surface area contributed by atoms with E-state index in [0.29, 0.717) is 11.7 Å². The van der Waals surface area contributed by atoms with Crippen molar-refractivity contribution in [2.24, 2.45) is 5.92 Å². The van der Waals surface area contributed by atoms with E-state index in [1.807, 2.05) is 78.9 Å². The number of carbonyl (C=O) groups is 2. The number of ether oxygens (including phenoxy) is 2. The number of piperidine rings is 3. The standard InChI is InChI=1S/C32H35NO5/c34-21-24-11-9-23(10-12-24)17-28(35)22-37-29-8-4-7-27(18-29)30(25-5-2-1-3-6-25)19-32(36)38-31-20-33-15-13-26(31)14-16-33/h1-12,18,26,30-31,34H,13-17,19-22H2/t30-,31-/m0/s1. The zero-order valence-corrected chi connectivity index (χ0v) is 21.6. The first-order valence-electron chi connectivity index (χ1n) is 13.5. The van der Waals surface area contributed by atoms with Gasteiger partial charge in [-0.15, -0.1) is 0 Å². The highest BCUT2D eigenvalue weighted by Gasteiger charge is 2.36. The first-order chi connectivity index (χ1) is 18.6. The average Bonchev–Trinajstić information content (AvgIpc) is 2.96. The van der Waals surface area contributed by atoms with Gasteiger partial charge in [0.25, 0.3) is 0 Å². The number of aliphatic hydroxyl groups excluding tert-OH is 1. The van der Waals surface area contributed by atoms with Crippen LogP contribution in [0.2, 0.25) is 0 Å². The van der Waals surface area contributed by atoms with Gasteiger partial charge in [-0.1, -0.05) is 66.7 Å². The first-order valence-corrected chi connectivity index (χ1v) is 13.5. The lowest BCUT2D eigenvalue weighted by Crippen LogP contribution is -2.52. The largest absolute Gasteiger partial charge is 0.486 e. The van der Waals surface area contributed by atoms with E-state index in [4.69, 9.17) is 9.47 Å². The highest BCUT2D eigenvalue weighted by molar-refractivity contribution is 5.82. The van der Waals surface area contributed by atoms with Crippen LogP contribution in [0.3, 0.4) is 0 Å². The van der Waals surface area contributed by atoms with E-state index < -0.39 is 0 Å². The van der Waals surface area contributed by atoms with Crippen molar-refractivity contribution in [1.82, 2.24) is 4.90 Å². The van der Waals surface area contributed by atoms with Crippen LogP contribution in [-0.4, -0.2) is 54.1 Å². The summed E-state index contributed by atoms with van der Waals surface area (Å²) in [7, 11) is 0. The van der Waals surface area contributed by atoms with Gasteiger partial charge in [-0.05, 0) is 66.2 Å². The van der Waals surface area contributed by atoms with Gasteiger partial charge in [-0.3, -0.25) is 14.5 Å². The maximum absolute atomic E-state index is 13.1. The molecule has 0 radical (unpaired) electrons. The third kappa shape index (κ3) is 6.69. The number of benzene rings is 3. The molecule has 1 N–H and O–H groups in total. The van der Waals surface area contributed by atoms with Crippen LogP contribution in [0.4, 0.5) is 0 Å². The second-order valence-corrected chi connectivity index (χ2v) is 10.4. The van der Waals surface area contributed by atoms with Gasteiger partial charge in [0.15, 0.2) is 5.78 Å². The Bertz CT molecular complexity index is 1220. The minimum Gasteiger partial charge on any atom is -0.486 e. The Morgan fingerprint density at radius 1 is 0.895 bits per heavy atom. The number of aliphatic hydroxyl groups is 1. The SMILES string of the molecule is O=C(COc1cccc([C@@H](CC(=O)O[C@H]2CN3CCC2CC3)c2ccccc2)c1)Cc1ccc(CO)cc1. The molecule has 198 valence electrons. The third-order valence-corrected chi connectivity index (χ3v) is 7.72. The van der Waals surface area contributed by atoms with E-state index in [1.165, 1.54) is 0 Å². The van der Waals surface area contributed by atoms with Crippen LogP contribution < -0.4 is 4.74 Å². The van der Waals surface area contributed by atoms with E-state index >= 15 is 0 Å². The van der Waals surface area contributed by atoms with Gasteiger partial charge < -0.3 is 14.6 Å². The predicted octanol–water partition coefficient (Wildman–Crippen LogP) is 4.53. The van der Waals surface area contributed by atoms with Gasteiger partial charge in [0.2, 0.25) is 0 Å². The maximum atomic E-state index is 13.1. The number of fused-ring (bicyclic) bond motifs is 3. The number of Topliss-reactive ketones (excluding diaryl/α,β-unsaturated/α-hetero) is 1. The fraction of sp³-hybridized carbons (Fsp3) is 0.375. The Kier molecular flexibility index (Phi) is 8.51. The molecule has 2 bridgehead atoms. The van der Waals surface area contributed by atoms with Gasteiger partial charge in [0.05, 0.1) is 13.0 Å². The molecule has 6 heteroatoms. The second kappa shape index (κ2) is 12.4. The number of rotatable bonds is 11. The number of esters is 1. The number of hydrogen-bond donors (Lipinski definition) is 1. The zero-order chi connectivity index (χ0) is 26.3.